The van der Waals surface area contributed by atoms with E-state index in [0.29, 0.717) is 37.5 Å². The maximum absolute atomic E-state index is 12.5. The second-order valence-electron chi connectivity index (χ2n) is 5.32. The van der Waals surface area contributed by atoms with Gasteiger partial charge in [0.15, 0.2) is 0 Å². The Bertz CT molecular complexity index is 458. The number of hydrogen-bond donors (Lipinski definition) is 2. The third kappa shape index (κ3) is 7.13. The summed E-state index contributed by atoms with van der Waals surface area (Å²) in [7, 11) is 0. The van der Waals surface area contributed by atoms with Crippen molar-refractivity contribution in [1.82, 2.24) is 10.6 Å². The van der Waals surface area contributed by atoms with E-state index in [0.717, 1.165) is 12.1 Å². The molecule has 0 aliphatic rings. The van der Waals surface area contributed by atoms with Gasteiger partial charge in [-0.3, -0.25) is 4.79 Å². The Balaban J connectivity index is 2.32. The van der Waals surface area contributed by atoms with E-state index in [4.69, 9.17) is 0 Å². The van der Waals surface area contributed by atoms with Gasteiger partial charge in [0, 0.05) is 26.1 Å². The molecule has 0 heterocycles. The first-order valence-corrected chi connectivity index (χ1v) is 6.92. The lowest BCUT2D eigenvalue weighted by Crippen LogP contribution is -2.30. The van der Waals surface area contributed by atoms with Crippen LogP contribution in [0.3, 0.4) is 0 Å². The first kappa shape index (κ1) is 17.5. The van der Waals surface area contributed by atoms with Crippen molar-refractivity contribution < 1.29 is 18.0 Å². The second kappa shape index (κ2) is 8.02. The van der Waals surface area contributed by atoms with E-state index in [1.165, 1.54) is 6.07 Å². The van der Waals surface area contributed by atoms with Gasteiger partial charge in [0.2, 0.25) is 5.91 Å². The Kier molecular flexibility index (Phi) is 6.68. The molecule has 0 spiro atoms. The highest BCUT2D eigenvalue weighted by atomic mass is 19.4. The van der Waals surface area contributed by atoms with Gasteiger partial charge in [-0.1, -0.05) is 32.0 Å². The quantitative estimate of drug-likeness (QED) is 0.760. The van der Waals surface area contributed by atoms with Gasteiger partial charge in [-0.25, -0.2) is 0 Å². The molecule has 1 rings (SSSR count). The fourth-order valence-electron chi connectivity index (χ4n) is 1.70. The van der Waals surface area contributed by atoms with Crippen molar-refractivity contribution in [2.75, 3.05) is 13.1 Å². The molecule has 21 heavy (non-hydrogen) atoms. The third-order valence-electron chi connectivity index (χ3n) is 2.82. The summed E-state index contributed by atoms with van der Waals surface area (Å²) in [6, 6.07) is 5.17. The molecule has 0 saturated heterocycles. The lowest BCUT2D eigenvalue weighted by Gasteiger charge is -2.10. The molecule has 0 atom stereocenters. The fourth-order valence-corrected chi connectivity index (χ4v) is 1.70. The number of nitrogens with one attached hydrogen (secondary N) is 2. The van der Waals surface area contributed by atoms with Gasteiger partial charge in [0.05, 0.1) is 5.56 Å². The standard InChI is InChI=1S/C15H21F3N2O/c1-11(2)9-20-14(21)6-7-19-10-12-4-3-5-13(8-12)15(16,17)18/h3-5,8,11,19H,6-7,9-10H2,1-2H3,(H,20,21). The van der Waals surface area contributed by atoms with Crippen LogP contribution in [-0.4, -0.2) is 19.0 Å². The van der Waals surface area contributed by atoms with E-state index >= 15 is 0 Å². The number of carbonyl (C=O) groups excluding carboxylic acids is 1. The van der Waals surface area contributed by atoms with Crippen molar-refractivity contribution in [3.63, 3.8) is 0 Å². The van der Waals surface area contributed by atoms with Crippen LogP contribution in [0, 0.1) is 5.92 Å². The van der Waals surface area contributed by atoms with Crippen LogP contribution in [0.1, 0.15) is 31.4 Å². The van der Waals surface area contributed by atoms with Gasteiger partial charge in [-0.15, -0.1) is 0 Å². The summed E-state index contributed by atoms with van der Waals surface area (Å²) < 4.78 is 37.6. The SMILES string of the molecule is CC(C)CNC(=O)CCNCc1cccc(C(F)(F)F)c1. The van der Waals surface area contributed by atoms with Crippen molar-refractivity contribution in [3.05, 3.63) is 35.4 Å². The smallest absolute Gasteiger partial charge is 0.356 e. The Hall–Kier alpha value is -1.56. The number of hydrogen-bond acceptors (Lipinski definition) is 2. The monoisotopic (exact) mass is 302 g/mol. The third-order valence-corrected chi connectivity index (χ3v) is 2.82. The largest absolute Gasteiger partial charge is 0.416 e. The van der Waals surface area contributed by atoms with Crippen LogP contribution >= 0.6 is 0 Å². The second-order valence-corrected chi connectivity index (χ2v) is 5.32. The van der Waals surface area contributed by atoms with Crippen molar-refractivity contribution in [1.29, 1.82) is 0 Å². The van der Waals surface area contributed by atoms with Crippen LogP contribution in [0.2, 0.25) is 0 Å². The summed E-state index contributed by atoms with van der Waals surface area (Å²) in [5.74, 6) is 0.340. The van der Waals surface area contributed by atoms with Crippen molar-refractivity contribution in [3.8, 4) is 0 Å². The zero-order valence-electron chi connectivity index (χ0n) is 12.3. The molecule has 3 nitrogen and oxygen atoms in total. The van der Waals surface area contributed by atoms with Crippen LogP contribution in [0.4, 0.5) is 13.2 Å². The normalized spacial score (nSPS) is 11.7. The minimum Gasteiger partial charge on any atom is -0.356 e. The van der Waals surface area contributed by atoms with Crippen LogP contribution in [0.5, 0.6) is 0 Å². The van der Waals surface area contributed by atoms with Gasteiger partial charge in [-0.05, 0) is 17.5 Å². The van der Waals surface area contributed by atoms with Gasteiger partial charge < -0.3 is 10.6 Å². The molecule has 0 aromatic heterocycles. The summed E-state index contributed by atoms with van der Waals surface area (Å²) >= 11 is 0. The highest BCUT2D eigenvalue weighted by Gasteiger charge is 2.30. The average molecular weight is 302 g/mol. The van der Waals surface area contributed by atoms with E-state index < -0.39 is 11.7 Å². The minimum absolute atomic E-state index is 0.0553. The first-order valence-electron chi connectivity index (χ1n) is 6.92. The molecular formula is C15H21F3N2O. The van der Waals surface area contributed by atoms with Crippen LogP contribution in [0.25, 0.3) is 0 Å². The highest BCUT2D eigenvalue weighted by molar-refractivity contribution is 5.76. The van der Waals surface area contributed by atoms with E-state index in [1.54, 1.807) is 6.07 Å². The molecule has 0 unspecified atom stereocenters. The number of rotatable bonds is 7. The van der Waals surface area contributed by atoms with Crippen molar-refractivity contribution in [2.24, 2.45) is 5.92 Å². The molecule has 1 aromatic rings. The van der Waals surface area contributed by atoms with Crippen molar-refractivity contribution in [2.45, 2.75) is 33.0 Å². The molecule has 1 aromatic carbocycles. The molecular weight excluding hydrogens is 281 g/mol. The van der Waals surface area contributed by atoms with E-state index in [-0.39, 0.29) is 5.91 Å². The van der Waals surface area contributed by atoms with E-state index in [1.807, 2.05) is 13.8 Å². The summed E-state index contributed by atoms with van der Waals surface area (Å²) in [5.41, 5.74) is -0.108. The molecule has 2 N–H and O–H groups in total. The Morgan fingerprint density at radius 3 is 2.62 bits per heavy atom. The van der Waals surface area contributed by atoms with Crippen LogP contribution < -0.4 is 10.6 Å². The van der Waals surface area contributed by atoms with Crippen LogP contribution in [-0.2, 0) is 17.5 Å². The molecule has 0 aliphatic carbocycles. The molecule has 118 valence electrons. The number of carbonyl (C=O) groups is 1. The lowest BCUT2D eigenvalue weighted by molar-refractivity contribution is -0.137. The van der Waals surface area contributed by atoms with E-state index in [9.17, 15) is 18.0 Å². The average Bonchev–Trinajstić information content (AvgIpc) is 2.41. The fraction of sp³-hybridized carbons (Fsp3) is 0.533. The summed E-state index contributed by atoms with van der Waals surface area (Å²) in [6.07, 6.45) is -4.02. The van der Waals surface area contributed by atoms with E-state index in [2.05, 4.69) is 10.6 Å². The zero-order valence-corrected chi connectivity index (χ0v) is 12.3. The van der Waals surface area contributed by atoms with Crippen molar-refractivity contribution >= 4 is 5.91 Å². The lowest BCUT2D eigenvalue weighted by atomic mass is 10.1. The summed E-state index contributed by atoms with van der Waals surface area (Å²) in [5, 5.41) is 5.75. The summed E-state index contributed by atoms with van der Waals surface area (Å²) in [4.78, 5) is 11.4. The molecule has 0 bridgehead atoms. The molecule has 1 amide bonds. The molecule has 0 fully saturated rings. The molecule has 0 aliphatic heterocycles. The van der Waals surface area contributed by atoms with Gasteiger partial charge in [0.1, 0.15) is 0 Å². The molecule has 0 radical (unpaired) electrons. The maximum Gasteiger partial charge on any atom is 0.416 e. The number of benzene rings is 1. The van der Waals surface area contributed by atoms with Gasteiger partial charge in [0.25, 0.3) is 0 Å². The molecule has 6 heteroatoms. The minimum atomic E-state index is -4.33. The number of alkyl halides is 3. The predicted octanol–water partition coefficient (Wildman–Crippen LogP) is 2.96. The highest BCUT2D eigenvalue weighted by Crippen LogP contribution is 2.29. The first-order chi connectivity index (χ1) is 9.79. The maximum atomic E-state index is 12.5. The Morgan fingerprint density at radius 2 is 2.00 bits per heavy atom. The van der Waals surface area contributed by atoms with Crippen LogP contribution in [0.15, 0.2) is 24.3 Å². The van der Waals surface area contributed by atoms with Gasteiger partial charge >= 0.3 is 6.18 Å². The predicted molar refractivity (Wildman–Crippen MR) is 75.6 cm³/mol. The molecule has 0 saturated carbocycles. The number of amides is 1. The zero-order chi connectivity index (χ0) is 15.9. The number of halogens is 3. The Morgan fingerprint density at radius 1 is 1.29 bits per heavy atom. The van der Waals surface area contributed by atoms with Gasteiger partial charge in [-0.2, -0.15) is 13.2 Å². The Labute approximate surface area is 122 Å². The topological polar surface area (TPSA) is 41.1 Å². The summed E-state index contributed by atoms with van der Waals surface area (Å²) in [6.45, 7) is 5.38.